The molecular formula is C12H13N5S2. The highest BCUT2D eigenvalue weighted by molar-refractivity contribution is 7.24. The summed E-state index contributed by atoms with van der Waals surface area (Å²) in [5.41, 5.74) is 8.04. The molecule has 1 saturated carbocycles. The highest BCUT2D eigenvalue weighted by Crippen LogP contribution is 2.39. The Bertz CT molecular complexity index is 749. The molecule has 0 amide bonds. The van der Waals surface area contributed by atoms with Gasteiger partial charge in [0.05, 0.1) is 10.6 Å². The molecule has 3 heterocycles. The predicted molar refractivity (Wildman–Crippen MR) is 77.7 cm³/mol. The van der Waals surface area contributed by atoms with Crippen molar-refractivity contribution in [3.05, 3.63) is 16.8 Å². The second-order valence-corrected chi connectivity index (χ2v) is 6.78. The number of nitrogens with two attached hydrogens (primary N) is 1. The van der Waals surface area contributed by atoms with E-state index in [2.05, 4.69) is 20.7 Å². The van der Waals surface area contributed by atoms with Crippen molar-refractivity contribution >= 4 is 33.3 Å². The summed E-state index contributed by atoms with van der Waals surface area (Å²) in [7, 11) is 0. The second kappa shape index (κ2) is 4.01. The molecule has 1 aliphatic rings. The molecule has 98 valence electrons. The van der Waals surface area contributed by atoms with E-state index in [9.17, 15) is 0 Å². The number of thiophene rings is 1. The molecule has 0 spiro atoms. The molecular weight excluding hydrogens is 278 g/mol. The Morgan fingerprint density at radius 2 is 2.21 bits per heavy atom. The van der Waals surface area contributed by atoms with Gasteiger partial charge in [0.15, 0.2) is 10.8 Å². The first-order valence-corrected chi connectivity index (χ1v) is 7.99. The number of nitrogen functional groups attached to an aromatic ring is 1. The van der Waals surface area contributed by atoms with E-state index >= 15 is 0 Å². The van der Waals surface area contributed by atoms with Crippen LogP contribution >= 0.6 is 22.7 Å². The van der Waals surface area contributed by atoms with Gasteiger partial charge in [-0.15, -0.1) is 21.5 Å². The zero-order chi connectivity index (χ0) is 13.0. The lowest BCUT2D eigenvalue weighted by atomic mass is 9.85. The lowest BCUT2D eigenvalue weighted by Crippen LogP contribution is -2.12. The van der Waals surface area contributed by atoms with Gasteiger partial charge in [0.2, 0.25) is 4.96 Å². The fraction of sp³-hybridized carbons (Fsp3) is 0.417. The fourth-order valence-corrected chi connectivity index (χ4v) is 4.18. The summed E-state index contributed by atoms with van der Waals surface area (Å²) < 4.78 is 1.90. The van der Waals surface area contributed by atoms with Gasteiger partial charge in [-0.2, -0.15) is 9.61 Å². The van der Waals surface area contributed by atoms with E-state index in [1.54, 1.807) is 22.7 Å². The van der Waals surface area contributed by atoms with E-state index in [1.165, 1.54) is 19.3 Å². The number of fused-ring (bicyclic) bond motifs is 1. The van der Waals surface area contributed by atoms with Crippen molar-refractivity contribution in [2.75, 3.05) is 5.73 Å². The maximum Gasteiger partial charge on any atom is 0.235 e. The van der Waals surface area contributed by atoms with E-state index in [0.29, 0.717) is 5.92 Å². The lowest BCUT2D eigenvalue weighted by molar-refractivity contribution is 0.395. The molecule has 0 unspecified atom stereocenters. The molecule has 19 heavy (non-hydrogen) atoms. The van der Waals surface area contributed by atoms with Crippen LogP contribution in [0.4, 0.5) is 5.69 Å². The molecule has 4 rings (SSSR count). The lowest BCUT2D eigenvalue weighted by Gasteiger charge is -2.22. The monoisotopic (exact) mass is 291 g/mol. The van der Waals surface area contributed by atoms with Gasteiger partial charge in [-0.3, -0.25) is 0 Å². The van der Waals surface area contributed by atoms with Gasteiger partial charge in [-0.05, 0) is 30.7 Å². The first-order valence-electron chi connectivity index (χ1n) is 6.30. The predicted octanol–water partition coefficient (Wildman–Crippen LogP) is 3.07. The van der Waals surface area contributed by atoms with E-state index in [4.69, 9.17) is 5.73 Å². The average molecular weight is 291 g/mol. The summed E-state index contributed by atoms with van der Waals surface area (Å²) in [6.45, 7) is 2.02. The zero-order valence-corrected chi connectivity index (χ0v) is 12.1. The quantitative estimate of drug-likeness (QED) is 0.787. The fourth-order valence-electron chi connectivity index (χ4n) is 2.26. The molecule has 7 heteroatoms. The third kappa shape index (κ3) is 1.61. The molecule has 3 aromatic heterocycles. The first kappa shape index (κ1) is 11.4. The van der Waals surface area contributed by atoms with Gasteiger partial charge in [0.25, 0.3) is 0 Å². The topological polar surface area (TPSA) is 69.1 Å². The van der Waals surface area contributed by atoms with Crippen LogP contribution < -0.4 is 5.73 Å². The number of hydrogen-bond donors (Lipinski definition) is 1. The highest BCUT2D eigenvalue weighted by Gasteiger charge is 2.26. The van der Waals surface area contributed by atoms with Gasteiger partial charge in [0.1, 0.15) is 0 Å². The average Bonchev–Trinajstić information content (AvgIpc) is 2.96. The van der Waals surface area contributed by atoms with Crippen molar-refractivity contribution in [1.29, 1.82) is 0 Å². The summed E-state index contributed by atoms with van der Waals surface area (Å²) in [6, 6.07) is 0. The maximum absolute atomic E-state index is 6.09. The third-order valence-corrected chi connectivity index (χ3v) is 5.87. The molecule has 0 atom stereocenters. The van der Waals surface area contributed by atoms with Crippen LogP contribution in [0.15, 0.2) is 5.38 Å². The van der Waals surface area contributed by atoms with Crippen molar-refractivity contribution in [1.82, 2.24) is 19.8 Å². The number of aryl methyl sites for hydroxylation is 1. The molecule has 0 bridgehead atoms. The highest BCUT2D eigenvalue weighted by atomic mass is 32.1. The molecule has 0 radical (unpaired) electrons. The number of aromatic nitrogens is 4. The van der Waals surface area contributed by atoms with Crippen molar-refractivity contribution in [2.24, 2.45) is 0 Å². The standard InChI is InChI=1S/C12H13N5S2/c1-6-5-18-9(8(6)13)11-16-17-10(7-3-2-4-7)14-15-12(17)19-11/h5,7H,2-4,13H2,1H3. The normalized spacial score (nSPS) is 16.1. The summed E-state index contributed by atoms with van der Waals surface area (Å²) in [5, 5.41) is 16.2. The first-order chi connectivity index (χ1) is 9.24. The zero-order valence-electron chi connectivity index (χ0n) is 10.5. The molecule has 5 nitrogen and oxygen atoms in total. The van der Waals surface area contributed by atoms with Crippen LogP contribution in [0.2, 0.25) is 0 Å². The summed E-state index contributed by atoms with van der Waals surface area (Å²) >= 11 is 3.20. The Hall–Kier alpha value is -1.47. The number of rotatable bonds is 2. The van der Waals surface area contributed by atoms with Gasteiger partial charge in [0, 0.05) is 5.92 Å². The minimum absolute atomic E-state index is 0.535. The maximum atomic E-state index is 6.09. The van der Waals surface area contributed by atoms with Crippen LogP contribution in [-0.4, -0.2) is 19.8 Å². The van der Waals surface area contributed by atoms with E-state index < -0.39 is 0 Å². The molecule has 0 saturated heterocycles. The molecule has 1 fully saturated rings. The van der Waals surface area contributed by atoms with Crippen LogP contribution in [0.25, 0.3) is 14.8 Å². The Morgan fingerprint density at radius 3 is 2.84 bits per heavy atom. The SMILES string of the molecule is Cc1csc(-c2nn3c(C4CCC4)nnc3s2)c1N. The van der Waals surface area contributed by atoms with Crippen molar-refractivity contribution in [3.63, 3.8) is 0 Å². The van der Waals surface area contributed by atoms with Crippen LogP contribution in [0.5, 0.6) is 0 Å². The van der Waals surface area contributed by atoms with Crippen LogP contribution in [-0.2, 0) is 0 Å². The smallest absolute Gasteiger partial charge is 0.235 e. The molecule has 1 aliphatic carbocycles. The van der Waals surface area contributed by atoms with Crippen molar-refractivity contribution in [2.45, 2.75) is 32.1 Å². The van der Waals surface area contributed by atoms with Crippen molar-refractivity contribution in [3.8, 4) is 9.88 Å². The Labute approximate surface area is 118 Å². The summed E-state index contributed by atoms with van der Waals surface area (Å²) in [5.74, 6) is 1.54. The van der Waals surface area contributed by atoms with E-state index in [1.807, 2.05) is 11.4 Å². The second-order valence-electron chi connectivity index (χ2n) is 4.95. The number of anilines is 1. The molecule has 2 N–H and O–H groups in total. The van der Waals surface area contributed by atoms with Crippen LogP contribution in [0.3, 0.4) is 0 Å². The Morgan fingerprint density at radius 1 is 1.37 bits per heavy atom. The van der Waals surface area contributed by atoms with Crippen LogP contribution in [0.1, 0.15) is 36.6 Å². The van der Waals surface area contributed by atoms with E-state index in [-0.39, 0.29) is 0 Å². The minimum atomic E-state index is 0.535. The largest absolute Gasteiger partial charge is 0.397 e. The van der Waals surface area contributed by atoms with Gasteiger partial charge in [-0.25, -0.2) is 0 Å². The van der Waals surface area contributed by atoms with Crippen LogP contribution in [0, 0.1) is 6.92 Å². The molecule has 0 aromatic carbocycles. The van der Waals surface area contributed by atoms with Gasteiger partial charge in [-0.1, -0.05) is 17.8 Å². The van der Waals surface area contributed by atoms with Crippen molar-refractivity contribution < 1.29 is 0 Å². The number of nitrogens with zero attached hydrogens (tertiary/aromatic N) is 4. The molecule has 0 aliphatic heterocycles. The number of hydrogen-bond acceptors (Lipinski definition) is 6. The Balaban J connectivity index is 1.83. The summed E-state index contributed by atoms with van der Waals surface area (Å²) in [6.07, 6.45) is 3.69. The minimum Gasteiger partial charge on any atom is -0.397 e. The van der Waals surface area contributed by atoms with E-state index in [0.717, 1.165) is 31.9 Å². The Kier molecular flexibility index (Phi) is 2.40. The van der Waals surface area contributed by atoms with Gasteiger partial charge < -0.3 is 5.73 Å². The van der Waals surface area contributed by atoms with Gasteiger partial charge >= 0.3 is 0 Å². The third-order valence-electron chi connectivity index (χ3n) is 3.70. The molecule has 3 aromatic rings. The summed E-state index contributed by atoms with van der Waals surface area (Å²) in [4.78, 5) is 1.91.